The number of hydrogen-bond acceptors (Lipinski definition) is 1. The topological polar surface area (TPSA) is 3.24 Å². The van der Waals surface area contributed by atoms with E-state index in [1.54, 1.807) is 0 Å². The van der Waals surface area contributed by atoms with Crippen LogP contribution in [-0.4, -0.2) is 25.0 Å². The molecule has 3 aromatic carbocycles. The second-order valence-electron chi connectivity index (χ2n) is 7.30. The van der Waals surface area contributed by atoms with Crippen molar-refractivity contribution in [2.75, 3.05) is 14.1 Å². The van der Waals surface area contributed by atoms with Gasteiger partial charge in [-0.25, -0.2) is 0 Å². The Kier molecular flexibility index (Phi) is 4.42. The zero-order valence-electron chi connectivity index (χ0n) is 15.0. The molecule has 0 unspecified atom stereocenters. The maximum atomic E-state index is 2.38. The molecule has 0 spiro atoms. The molecule has 0 fully saturated rings. The molecular formula is C24H25N. The van der Waals surface area contributed by atoms with Crippen molar-refractivity contribution in [2.24, 2.45) is 0 Å². The third-order valence-corrected chi connectivity index (χ3v) is 5.52. The van der Waals surface area contributed by atoms with Gasteiger partial charge in [0.1, 0.15) is 0 Å². The highest BCUT2D eigenvalue weighted by atomic mass is 15.1. The van der Waals surface area contributed by atoms with Crippen molar-refractivity contribution in [1.82, 2.24) is 4.90 Å². The van der Waals surface area contributed by atoms with E-state index in [9.17, 15) is 0 Å². The predicted molar refractivity (Wildman–Crippen MR) is 106 cm³/mol. The summed E-state index contributed by atoms with van der Waals surface area (Å²) in [6.07, 6.45) is 2.33. The monoisotopic (exact) mass is 327 g/mol. The van der Waals surface area contributed by atoms with E-state index in [-0.39, 0.29) is 0 Å². The molecule has 1 heteroatoms. The number of nitrogens with zero attached hydrogens (tertiary/aromatic N) is 1. The molecule has 0 amide bonds. The Morgan fingerprint density at radius 3 is 2.28 bits per heavy atom. The molecule has 0 N–H and O–H groups in total. The smallest absolute Gasteiger partial charge is 0.0139 e. The molecule has 126 valence electrons. The number of fused-ring (bicyclic) bond motifs is 1. The Morgan fingerprint density at radius 1 is 0.760 bits per heavy atom. The number of hydrogen-bond donors (Lipinski definition) is 0. The van der Waals surface area contributed by atoms with Crippen LogP contribution in [0.4, 0.5) is 0 Å². The van der Waals surface area contributed by atoms with Crippen LogP contribution in [0.25, 0.3) is 11.1 Å². The first-order valence-corrected chi connectivity index (χ1v) is 9.12. The second kappa shape index (κ2) is 6.85. The van der Waals surface area contributed by atoms with Crippen LogP contribution in [0.3, 0.4) is 0 Å². The Morgan fingerprint density at radius 2 is 1.48 bits per heavy atom. The minimum absolute atomic E-state index is 0.473. The Balaban J connectivity index is 1.76. The molecule has 0 aliphatic heterocycles. The van der Waals surface area contributed by atoms with Gasteiger partial charge in [0.2, 0.25) is 0 Å². The van der Waals surface area contributed by atoms with Gasteiger partial charge in [-0.05, 0) is 54.8 Å². The van der Waals surface area contributed by atoms with Gasteiger partial charge in [0.25, 0.3) is 0 Å². The zero-order chi connectivity index (χ0) is 17.2. The standard InChI is InChI=1S/C24H25N/c1-25(2)22-16-21-11-6-7-14-23(21)24(17-22)20-13-8-12-19(15-20)18-9-4-3-5-10-18/h3-15,22,24H,16-17H2,1-2H3/t22-,24+/m1/s1. The summed E-state index contributed by atoms with van der Waals surface area (Å²) >= 11 is 0. The van der Waals surface area contributed by atoms with E-state index >= 15 is 0 Å². The molecular weight excluding hydrogens is 302 g/mol. The van der Waals surface area contributed by atoms with Crippen molar-refractivity contribution in [3.63, 3.8) is 0 Å². The predicted octanol–water partition coefficient (Wildman–Crippen LogP) is 5.36. The summed E-state index contributed by atoms with van der Waals surface area (Å²) in [7, 11) is 4.41. The largest absolute Gasteiger partial charge is 0.306 e. The molecule has 1 aliphatic carbocycles. The summed E-state index contributed by atoms with van der Waals surface area (Å²) in [5.74, 6) is 0.473. The van der Waals surface area contributed by atoms with E-state index in [2.05, 4.69) is 97.9 Å². The lowest BCUT2D eigenvalue weighted by Crippen LogP contribution is -2.35. The van der Waals surface area contributed by atoms with Crippen LogP contribution in [0.1, 0.15) is 29.0 Å². The van der Waals surface area contributed by atoms with Gasteiger partial charge in [-0.2, -0.15) is 0 Å². The molecule has 3 aromatic rings. The second-order valence-corrected chi connectivity index (χ2v) is 7.30. The summed E-state index contributed by atoms with van der Waals surface area (Å²) in [6, 6.07) is 29.4. The highest BCUT2D eigenvalue weighted by molar-refractivity contribution is 5.64. The average Bonchev–Trinajstić information content (AvgIpc) is 2.68. The van der Waals surface area contributed by atoms with Crippen LogP contribution in [0.2, 0.25) is 0 Å². The van der Waals surface area contributed by atoms with Gasteiger partial charge >= 0.3 is 0 Å². The van der Waals surface area contributed by atoms with Gasteiger partial charge in [-0.1, -0.05) is 78.9 Å². The highest BCUT2D eigenvalue weighted by Gasteiger charge is 2.28. The molecule has 1 aliphatic rings. The Hall–Kier alpha value is -2.38. The average molecular weight is 327 g/mol. The maximum Gasteiger partial charge on any atom is 0.0139 e. The Bertz CT molecular complexity index is 851. The van der Waals surface area contributed by atoms with Crippen LogP contribution < -0.4 is 0 Å². The van der Waals surface area contributed by atoms with Crippen LogP contribution in [0, 0.1) is 0 Å². The first-order chi connectivity index (χ1) is 12.2. The van der Waals surface area contributed by atoms with E-state index in [1.165, 1.54) is 34.2 Å². The molecule has 0 heterocycles. The Labute approximate surface area is 150 Å². The number of likely N-dealkylation sites (N-methyl/N-ethyl adjacent to an activating group) is 1. The van der Waals surface area contributed by atoms with E-state index < -0.39 is 0 Å². The van der Waals surface area contributed by atoms with Crippen LogP contribution >= 0.6 is 0 Å². The molecule has 4 rings (SSSR count). The summed E-state index contributed by atoms with van der Waals surface area (Å²) in [5, 5.41) is 0. The minimum Gasteiger partial charge on any atom is -0.306 e. The number of rotatable bonds is 3. The summed E-state index contributed by atoms with van der Waals surface area (Å²) in [6.45, 7) is 0. The van der Waals surface area contributed by atoms with Gasteiger partial charge in [0, 0.05) is 12.0 Å². The van der Waals surface area contributed by atoms with Crippen molar-refractivity contribution in [1.29, 1.82) is 0 Å². The minimum atomic E-state index is 0.473. The fraction of sp³-hybridized carbons (Fsp3) is 0.250. The van der Waals surface area contributed by atoms with Gasteiger partial charge in [0.05, 0.1) is 0 Å². The van der Waals surface area contributed by atoms with Gasteiger partial charge in [0.15, 0.2) is 0 Å². The molecule has 0 radical (unpaired) electrons. The summed E-state index contributed by atoms with van der Waals surface area (Å²) < 4.78 is 0. The zero-order valence-corrected chi connectivity index (χ0v) is 15.0. The molecule has 2 atom stereocenters. The lowest BCUT2D eigenvalue weighted by molar-refractivity contribution is 0.258. The summed E-state index contributed by atoms with van der Waals surface area (Å²) in [4.78, 5) is 2.38. The fourth-order valence-electron chi connectivity index (χ4n) is 4.07. The highest BCUT2D eigenvalue weighted by Crippen LogP contribution is 2.38. The van der Waals surface area contributed by atoms with Crippen molar-refractivity contribution < 1.29 is 0 Å². The van der Waals surface area contributed by atoms with E-state index in [0.717, 1.165) is 6.42 Å². The SMILES string of the molecule is CN(C)[C@@H]1Cc2ccccc2[C@H](c2cccc(-c3ccccc3)c2)C1. The molecule has 25 heavy (non-hydrogen) atoms. The normalized spacial score (nSPS) is 19.6. The quantitative estimate of drug-likeness (QED) is 0.626. The van der Waals surface area contributed by atoms with Crippen LogP contribution in [-0.2, 0) is 6.42 Å². The van der Waals surface area contributed by atoms with E-state index in [4.69, 9.17) is 0 Å². The lowest BCUT2D eigenvalue weighted by Gasteiger charge is -2.35. The first-order valence-electron chi connectivity index (χ1n) is 9.12. The third-order valence-electron chi connectivity index (χ3n) is 5.52. The van der Waals surface area contributed by atoms with Gasteiger partial charge < -0.3 is 4.90 Å². The summed E-state index contributed by atoms with van der Waals surface area (Å²) in [5.41, 5.74) is 7.04. The van der Waals surface area contributed by atoms with Crippen LogP contribution in [0.15, 0.2) is 78.9 Å². The van der Waals surface area contributed by atoms with Crippen molar-refractivity contribution in [3.8, 4) is 11.1 Å². The lowest BCUT2D eigenvalue weighted by atomic mass is 9.76. The maximum absolute atomic E-state index is 2.38. The third kappa shape index (κ3) is 3.25. The van der Waals surface area contributed by atoms with Crippen LogP contribution in [0.5, 0.6) is 0 Å². The molecule has 0 saturated heterocycles. The molecule has 0 saturated carbocycles. The fourth-order valence-corrected chi connectivity index (χ4v) is 4.07. The van der Waals surface area contributed by atoms with E-state index in [1.807, 2.05) is 0 Å². The molecule has 0 bridgehead atoms. The molecule has 0 aromatic heterocycles. The number of benzene rings is 3. The van der Waals surface area contributed by atoms with Gasteiger partial charge in [-0.15, -0.1) is 0 Å². The first kappa shape index (κ1) is 16.1. The van der Waals surface area contributed by atoms with Crippen molar-refractivity contribution >= 4 is 0 Å². The molecule has 1 nitrogen and oxygen atoms in total. The van der Waals surface area contributed by atoms with Crippen molar-refractivity contribution in [2.45, 2.75) is 24.8 Å². The van der Waals surface area contributed by atoms with Crippen molar-refractivity contribution in [3.05, 3.63) is 95.6 Å². The van der Waals surface area contributed by atoms with E-state index in [0.29, 0.717) is 12.0 Å². The van der Waals surface area contributed by atoms with Gasteiger partial charge in [-0.3, -0.25) is 0 Å².